The van der Waals surface area contributed by atoms with E-state index in [1.807, 2.05) is 0 Å². The van der Waals surface area contributed by atoms with E-state index in [0.717, 1.165) is 43.1 Å². The van der Waals surface area contributed by atoms with E-state index >= 15 is 0 Å². The number of nitrogens with zero attached hydrogens (tertiary/aromatic N) is 3. The summed E-state index contributed by atoms with van der Waals surface area (Å²) < 4.78 is 51.4. The highest BCUT2D eigenvalue weighted by Crippen LogP contribution is 2.39. The number of unbranched alkanes of at least 4 members (excludes halogenated alkanes) is 5. The van der Waals surface area contributed by atoms with Crippen molar-refractivity contribution in [2.45, 2.75) is 57.7 Å². The standard InChI is InChI=1S/C22H26F3N3O4/c1-2-3-4-5-6-7-13-31-18-11-10-15(14-16(18)22(23,24)25)19-26-20(32-27-19)17-9-8-12-28(17)21(29)30/h8-11,14,17H,2-7,12-13H2,1H3,(H,29,30). The number of amides is 1. The van der Waals surface area contributed by atoms with Crippen LogP contribution in [0.3, 0.4) is 0 Å². The summed E-state index contributed by atoms with van der Waals surface area (Å²) in [6.07, 6.45) is 3.49. The Kier molecular flexibility index (Phi) is 7.76. The molecule has 1 amide bonds. The first-order valence-electron chi connectivity index (χ1n) is 10.7. The average molecular weight is 453 g/mol. The van der Waals surface area contributed by atoms with Crippen LogP contribution in [0.15, 0.2) is 34.9 Å². The van der Waals surface area contributed by atoms with Gasteiger partial charge in [0.05, 0.1) is 12.2 Å². The van der Waals surface area contributed by atoms with Crippen LogP contribution < -0.4 is 4.74 Å². The zero-order chi connectivity index (χ0) is 23.1. The Labute approximate surface area is 183 Å². The molecule has 10 heteroatoms. The molecule has 1 N–H and O–H groups in total. The Balaban J connectivity index is 1.71. The van der Waals surface area contributed by atoms with Crippen LogP contribution in [0, 0.1) is 0 Å². The van der Waals surface area contributed by atoms with Crippen LogP contribution >= 0.6 is 0 Å². The lowest BCUT2D eigenvalue weighted by Gasteiger charge is -2.17. The van der Waals surface area contributed by atoms with Crippen molar-refractivity contribution in [3.05, 3.63) is 41.8 Å². The molecule has 0 saturated carbocycles. The normalized spacial score (nSPS) is 16.0. The van der Waals surface area contributed by atoms with E-state index in [9.17, 15) is 23.1 Å². The molecule has 0 saturated heterocycles. The molecule has 2 aromatic rings. The molecular weight excluding hydrogens is 427 g/mol. The topological polar surface area (TPSA) is 88.7 Å². The summed E-state index contributed by atoms with van der Waals surface area (Å²) in [5, 5.41) is 13.0. The quantitative estimate of drug-likeness (QED) is 0.346. The first kappa shape index (κ1) is 23.6. The van der Waals surface area contributed by atoms with Crippen molar-refractivity contribution < 1.29 is 32.3 Å². The van der Waals surface area contributed by atoms with Gasteiger partial charge in [-0.25, -0.2) is 4.79 Å². The predicted octanol–water partition coefficient (Wildman–Crippen LogP) is 6.09. The molecule has 3 rings (SSSR count). The zero-order valence-electron chi connectivity index (χ0n) is 17.8. The van der Waals surface area contributed by atoms with Crippen molar-refractivity contribution in [2.24, 2.45) is 0 Å². The third-order valence-corrected chi connectivity index (χ3v) is 5.20. The summed E-state index contributed by atoms with van der Waals surface area (Å²) in [6.45, 7) is 2.50. The summed E-state index contributed by atoms with van der Waals surface area (Å²) in [5.74, 6) is -0.305. The number of alkyl halides is 3. The van der Waals surface area contributed by atoms with Crippen molar-refractivity contribution in [3.63, 3.8) is 0 Å². The summed E-state index contributed by atoms with van der Waals surface area (Å²) in [4.78, 5) is 16.5. The highest BCUT2D eigenvalue weighted by Gasteiger charge is 2.35. The maximum absolute atomic E-state index is 13.6. The molecule has 0 radical (unpaired) electrons. The van der Waals surface area contributed by atoms with Gasteiger partial charge in [-0.05, 0) is 24.6 Å². The second kappa shape index (κ2) is 10.5. The molecule has 0 spiro atoms. The molecule has 1 unspecified atom stereocenters. The van der Waals surface area contributed by atoms with Gasteiger partial charge in [-0.1, -0.05) is 56.3 Å². The van der Waals surface area contributed by atoms with Gasteiger partial charge in [-0.15, -0.1) is 0 Å². The van der Waals surface area contributed by atoms with Crippen LogP contribution in [0.25, 0.3) is 11.4 Å². The van der Waals surface area contributed by atoms with Gasteiger partial charge in [-0.3, -0.25) is 4.90 Å². The number of carboxylic acid groups (broad SMARTS) is 1. The Bertz CT molecular complexity index is 943. The minimum Gasteiger partial charge on any atom is -0.493 e. The highest BCUT2D eigenvalue weighted by atomic mass is 19.4. The molecular formula is C22H26F3N3O4. The second-order valence-corrected chi connectivity index (χ2v) is 7.59. The number of carbonyl (C=O) groups is 1. The molecule has 1 aromatic carbocycles. The summed E-state index contributed by atoms with van der Waals surface area (Å²) in [7, 11) is 0. The van der Waals surface area contributed by atoms with Gasteiger partial charge in [0.15, 0.2) is 0 Å². The third kappa shape index (κ3) is 5.80. The van der Waals surface area contributed by atoms with Crippen molar-refractivity contribution >= 4 is 6.09 Å². The monoisotopic (exact) mass is 453 g/mol. The van der Waals surface area contributed by atoms with Gasteiger partial charge in [0, 0.05) is 12.1 Å². The van der Waals surface area contributed by atoms with Gasteiger partial charge in [0.2, 0.25) is 5.82 Å². The molecule has 0 fully saturated rings. The van der Waals surface area contributed by atoms with Gasteiger partial charge in [0.1, 0.15) is 11.8 Å². The summed E-state index contributed by atoms with van der Waals surface area (Å²) in [5.41, 5.74) is -0.816. The predicted molar refractivity (Wildman–Crippen MR) is 110 cm³/mol. The van der Waals surface area contributed by atoms with Crippen LogP contribution in [0.4, 0.5) is 18.0 Å². The van der Waals surface area contributed by atoms with Crippen LogP contribution in [0.5, 0.6) is 5.75 Å². The van der Waals surface area contributed by atoms with Gasteiger partial charge in [-0.2, -0.15) is 18.2 Å². The van der Waals surface area contributed by atoms with Crippen molar-refractivity contribution in [1.82, 2.24) is 15.0 Å². The van der Waals surface area contributed by atoms with Crippen molar-refractivity contribution in [2.75, 3.05) is 13.2 Å². The minimum absolute atomic E-state index is 0.00638. The fourth-order valence-electron chi connectivity index (χ4n) is 3.49. The minimum atomic E-state index is -4.62. The van der Waals surface area contributed by atoms with E-state index in [2.05, 4.69) is 17.1 Å². The first-order valence-corrected chi connectivity index (χ1v) is 10.7. The maximum Gasteiger partial charge on any atom is 0.419 e. The van der Waals surface area contributed by atoms with Crippen molar-refractivity contribution in [1.29, 1.82) is 0 Å². The van der Waals surface area contributed by atoms with E-state index in [0.29, 0.717) is 6.42 Å². The fourth-order valence-corrected chi connectivity index (χ4v) is 3.49. The van der Waals surface area contributed by atoms with E-state index in [1.54, 1.807) is 12.2 Å². The van der Waals surface area contributed by atoms with Crippen LogP contribution in [-0.2, 0) is 6.18 Å². The lowest BCUT2D eigenvalue weighted by molar-refractivity contribution is -0.138. The average Bonchev–Trinajstić information content (AvgIpc) is 3.42. The number of halogens is 3. The smallest absolute Gasteiger partial charge is 0.419 e. The lowest BCUT2D eigenvalue weighted by Crippen LogP contribution is -2.29. The van der Waals surface area contributed by atoms with Crippen LogP contribution in [0.1, 0.15) is 62.9 Å². The molecule has 174 valence electrons. The molecule has 32 heavy (non-hydrogen) atoms. The second-order valence-electron chi connectivity index (χ2n) is 7.59. The van der Waals surface area contributed by atoms with E-state index in [4.69, 9.17) is 9.26 Å². The Morgan fingerprint density at radius 2 is 2.00 bits per heavy atom. The zero-order valence-corrected chi connectivity index (χ0v) is 17.8. The number of rotatable bonds is 10. The summed E-state index contributed by atoms with van der Waals surface area (Å²) in [6, 6.07) is 2.84. The Hall–Kier alpha value is -3.04. The number of ether oxygens (including phenoxy) is 1. The first-order chi connectivity index (χ1) is 15.3. The largest absolute Gasteiger partial charge is 0.493 e. The van der Waals surface area contributed by atoms with Gasteiger partial charge < -0.3 is 14.4 Å². The van der Waals surface area contributed by atoms with Crippen LogP contribution in [-0.4, -0.2) is 39.4 Å². The molecule has 1 aliphatic heterocycles. The number of benzene rings is 1. The third-order valence-electron chi connectivity index (χ3n) is 5.20. The summed E-state index contributed by atoms with van der Waals surface area (Å²) >= 11 is 0. The van der Waals surface area contributed by atoms with Crippen LogP contribution in [0.2, 0.25) is 0 Å². The molecule has 7 nitrogen and oxygen atoms in total. The number of aromatic nitrogens is 2. The van der Waals surface area contributed by atoms with Gasteiger partial charge >= 0.3 is 12.3 Å². The lowest BCUT2D eigenvalue weighted by atomic mass is 10.1. The van der Waals surface area contributed by atoms with E-state index in [-0.39, 0.29) is 36.2 Å². The number of hydrogen-bond acceptors (Lipinski definition) is 5. The van der Waals surface area contributed by atoms with Gasteiger partial charge in [0.25, 0.3) is 5.89 Å². The Morgan fingerprint density at radius 3 is 2.72 bits per heavy atom. The molecule has 1 aliphatic rings. The molecule has 1 aromatic heterocycles. The molecule has 1 atom stereocenters. The molecule has 0 aliphatic carbocycles. The molecule has 2 heterocycles. The molecule has 0 bridgehead atoms. The SMILES string of the molecule is CCCCCCCCOc1ccc(-c2noc(C3C=CCN3C(=O)O)n2)cc1C(F)(F)F. The van der Waals surface area contributed by atoms with E-state index < -0.39 is 23.9 Å². The fraction of sp³-hybridized carbons (Fsp3) is 0.500. The maximum atomic E-state index is 13.6. The highest BCUT2D eigenvalue weighted by molar-refractivity contribution is 5.67. The Morgan fingerprint density at radius 1 is 1.25 bits per heavy atom. The van der Waals surface area contributed by atoms with Crippen molar-refractivity contribution in [3.8, 4) is 17.1 Å². The van der Waals surface area contributed by atoms with E-state index in [1.165, 1.54) is 12.1 Å². The number of hydrogen-bond donors (Lipinski definition) is 1.